The number of amides is 1. The molecular weight excluding hydrogens is 304 g/mol. The molecule has 2 N–H and O–H groups in total. The summed E-state index contributed by atoms with van der Waals surface area (Å²) in [5.74, 6) is 0.830. The second-order valence-electron chi connectivity index (χ2n) is 6.15. The van der Waals surface area contributed by atoms with Crippen molar-refractivity contribution in [1.82, 2.24) is 10.3 Å². The van der Waals surface area contributed by atoms with Gasteiger partial charge >= 0.3 is 0 Å². The lowest BCUT2D eigenvalue weighted by Crippen LogP contribution is -2.45. The predicted octanol–water partition coefficient (Wildman–Crippen LogP) is 3.23. The van der Waals surface area contributed by atoms with Crippen LogP contribution < -0.4 is 10.1 Å². The smallest absolute Gasteiger partial charge is 0.225 e. The number of Topliss-reactive ketones (excluding diaryl/α,β-unsaturated/α-hetero) is 1. The molecule has 0 saturated carbocycles. The Morgan fingerprint density at radius 3 is 2.67 bits per heavy atom. The highest BCUT2D eigenvalue weighted by Crippen LogP contribution is 2.24. The van der Waals surface area contributed by atoms with Gasteiger partial charge in [-0.1, -0.05) is 27.2 Å². The quantitative estimate of drug-likeness (QED) is 0.780. The Bertz CT molecular complexity index is 720. The summed E-state index contributed by atoms with van der Waals surface area (Å²) >= 11 is 0. The van der Waals surface area contributed by atoms with Crippen LogP contribution in [0, 0.1) is 5.92 Å². The number of hydrogen-bond donors (Lipinski definition) is 2. The Hall–Kier alpha value is -2.30. The van der Waals surface area contributed by atoms with E-state index in [2.05, 4.69) is 10.3 Å². The molecule has 0 saturated heterocycles. The lowest BCUT2D eigenvalue weighted by molar-refractivity contribution is -0.128. The minimum Gasteiger partial charge on any atom is -0.497 e. The van der Waals surface area contributed by atoms with Gasteiger partial charge in [0, 0.05) is 23.5 Å². The summed E-state index contributed by atoms with van der Waals surface area (Å²) in [6, 6.07) is 5.31. The third kappa shape index (κ3) is 3.96. The van der Waals surface area contributed by atoms with Crippen LogP contribution in [0.1, 0.15) is 39.2 Å². The van der Waals surface area contributed by atoms with Crippen molar-refractivity contribution in [3.05, 3.63) is 30.0 Å². The van der Waals surface area contributed by atoms with Gasteiger partial charge in [-0.05, 0) is 29.7 Å². The van der Waals surface area contributed by atoms with Gasteiger partial charge in [-0.15, -0.1) is 0 Å². The number of methoxy groups -OCH3 is 1. The number of fused-ring (bicyclic) bond motifs is 1. The first kappa shape index (κ1) is 18.0. The molecule has 2 rings (SSSR count). The minimum atomic E-state index is -0.410. The van der Waals surface area contributed by atoms with E-state index in [0.717, 1.165) is 28.6 Å². The molecule has 0 fully saturated rings. The summed E-state index contributed by atoms with van der Waals surface area (Å²) < 4.78 is 5.25. The number of rotatable bonds is 8. The Morgan fingerprint density at radius 2 is 2.04 bits per heavy atom. The van der Waals surface area contributed by atoms with Crippen molar-refractivity contribution in [1.29, 1.82) is 0 Å². The van der Waals surface area contributed by atoms with E-state index < -0.39 is 6.04 Å². The standard InChI is InChI=1S/C19H26N2O3/c1-5-12(3)19(17(22)6-2)21-18(23)9-13-11-20-16-8-7-14(24-4)10-15(13)16/h7-8,10-12,19-20H,5-6,9H2,1-4H3,(H,21,23)/t12-,19-/m0/s1. The van der Waals surface area contributed by atoms with Gasteiger partial charge < -0.3 is 15.0 Å². The molecule has 0 spiro atoms. The molecule has 1 aromatic heterocycles. The maximum absolute atomic E-state index is 12.5. The zero-order valence-electron chi connectivity index (χ0n) is 14.8. The zero-order chi connectivity index (χ0) is 17.7. The molecule has 1 heterocycles. The second kappa shape index (κ2) is 7.99. The molecule has 0 aliphatic rings. The maximum Gasteiger partial charge on any atom is 0.225 e. The molecule has 0 bridgehead atoms. The summed E-state index contributed by atoms with van der Waals surface area (Å²) in [4.78, 5) is 27.7. The predicted molar refractivity (Wildman–Crippen MR) is 95.2 cm³/mol. The van der Waals surface area contributed by atoms with Gasteiger partial charge in [-0.2, -0.15) is 0 Å². The Kier molecular flexibility index (Phi) is 6.01. The van der Waals surface area contributed by atoms with Crippen LogP contribution in [0.15, 0.2) is 24.4 Å². The Balaban J connectivity index is 2.15. The van der Waals surface area contributed by atoms with E-state index >= 15 is 0 Å². The number of H-pyrrole nitrogens is 1. The highest BCUT2D eigenvalue weighted by Gasteiger charge is 2.24. The van der Waals surface area contributed by atoms with E-state index in [1.807, 2.05) is 45.2 Å². The van der Waals surface area contributed by atoms with Gasteiger partial charge in [-0.3, -0.25) is 9.59 Å². The van der Waals surface area contributed by atoms with E-state index in [9.17, 15) is 9.59 Å². The van der Waals surface area contributed by atoms with Gasteiger partial charge in [0.1, 0.15) is 5.75 Å². The number of hydrogen-bond acceptors (Lipinski definition) is 3. The molecule has 0 aliphatic carbocycles. The second-order valence-corrected chi connectivity index (χ2v) is 6.15. The van der Waals surface area contributed by atoms with E-state index in [1.165, 1.54) is 0 Å². The highest BCUT2D eigenvalue weighted by molar-refractivity contribution is 5.92. The fraction of sp³-hybridized carbons (Fsp3) is 0.474. The van der Waals surface area contributed by atoms with Crippen molar-refractivity contribution in [3.63, 3.8) is 0 Å². The number of aromatic nitrogens is 1. The first-order valence-electron chi connectivity index (χ1n) is 8.46. The summed E-state index contributed by atoms with van der Waals surface area (Å²) in [5.41, 5.74) is 1.86. The largest absolute Gasteiger partial charge is 0.497 e. The maximum atomic E-state index is 12.5. The van der Waals surface area contributed by atoms with Crippen LogP contribution in [-0.4, -0.2) is 29.8 Å². The van der Waals surface area contributed by atoms with Crippen LogP contribution in [0.5, 0.6) is 5.75 Å². The average Bonchev–Trinajstić information content (AvgIpc) is 3.00. The zero-order valence-corrected chi connectivity index (χ0v) is 14.8. The lowest BCUT2D eigenvalue weighted by Gasteiger charge is -2.22. The molecular formula is C19H26N2O3. The fourth-order valence-electron chi connectivity index (χ4n) is 2.82. The molecule has 2 aromatic rings. The topological polar surface area (TPSA) is 71.2 Å². The molecule has 130 valence electrons. The normalized spacial score (nSPS) is 13.5. The Labute approximate surface area is 142 Å². The van der Waals surface area contributed by atoms with Gasteiger partial charge in [0.25, 0.3) is 0 Å². The van der Waals surface area contributed by atoms with Crippen molar-refractivity contribution in [2.45, 2.75) is 46.1 Å². The van der Waals surface area contributed by atoms with Crippen molar-refractivity contribution in [3.8, 4) is 5.75 Å². The third-order valence-electron chi connectivity index (χ3n) is 4.55. The molecule has 0 unspecified atom stereocenters. The van der Waals surface area contributed by atoms with E-state index in [1.54, 1.807) is 7.11 Å². The van der Waals surface area contributed by atoms with Crippen LogP contribution >= 0.6 is 0 Å². The van der Waals surface area contributed by atoms with Crippen molar-refractivity contribution >= 4 is 22.6 Å². The molecule has 5 heteroatoms. The van der Waals surface area contributed by atoms with Crippen molar-refractivity contribution in [2.24, 2.45) is 5.92 Å². The van der Waals surface area contributed by atoms with E-state index in [-0.39, 0.29) is 24.0 Å². The third-order valence-corrected chi connectivity index (χ3v) is 4.55. The molecule has 1 aromatic carbocycles. The van der Waals surface area contributed by atoms with Gasteiger partial charge in [0.05, 0.1) is 19.6 Å². The molecule has 0 radical (unpaired) electrons. The van der Waals surface area contributed by atoms with Crippen LogP contribution in [0.3, 0.4) is 0 Å². The Morgan fingerprint density at radius 1 is 1.29 bits per heavy atom. The minimum absolute atomic E-state index is 0.0818. The molecule has 5 nitrogen and oxygen atoms in total. The fourth-order valence-corrected chi connectivity index (χ4v) is 2.82. The molecule has 1 amide bonds. The summed E-state index contributed by atoms with van der Waals surface area (Å²) in [6.45, 7) is 5.85. The summed E-state index contributed by atoms with van der Waals surface area (Å²) in [6.07, 6.45) is 3.35. The highest BCUT2D eigenvalue weighted by atomic mass is 16.5. The van der Waals surface area contributed by atoms with Crippen LogP contribution in [-0.2, 0) is 16.0 Å². The van der Waals surface area contributed by atoms with Crippen LogP contribution in [0.4, 0.5) is 0 Å². The van der Waals surface area contributed by atoms with Crippen molar-refractivity contribution in [2.75, 3.05) is 7.11 Å². The monoisotopic (exact) mass is 330 g/mol. The van der Waals surface area contributed by atoms with Crippen molar-refractivity contribution < 1.29 is 14.3 Å². The van der Waals surface area contributed by atoms with Gasteiger partial charge in [0.15, 0.2) is 5.78 Å². The number of ether oxygens (including phenoxy) is 1. The van der Waals surface area contributed by atoms with Crippen LogP contribution in [0.25, 0.3) is 10.9 Å². The average molecular weight is 330 g/mol. The molecule has 2 atom stereocenters. The molecule has 24 heavy (non-hydrogen) atoms. The van der Waals surface area contributed by atoms with Crippen LogP contribution in [0.2, 0.25) is 0 Å². The number of aromatic amines is 1. The van der Waals surface area contributed by atoms with Gasteiger partial charge in [-0.25, -0.2) is 0 Å². The number of nitrogens with one attached hydrogen (secondary N) is 2. The lowest BCUT2D eigenvalue weighted by atomic mass is 9.94. The SMILES string of the molecule is CCC(=O)[C@@H](NC(=O)Cc1c[nH]c2ccc(OC)cc12)[C@@H](C)CC. The number of benzene rings is 1. The number of ketones is 1. The number of carbonyl (C=O) groups is 2. The van der Waals surface area contributed by atoms with E-state index in [4.69, 9.17) is 4.74 Å². The van der Waals surface area contributed by atoms with Gasteiger partial charge in [0.2, 0.25) is 5.91 Å². The first-order valence-corrected chi connectivity index (χ1v) is 8.46. The first-order chi connectivity index (χ1) is 11.5. The number of carbonyl (C=O) groups excluding carboxylic acids is 2. The van der Waals surface area contributed by atoms with E-state index in [0.29, 0.717) is 6.42 Å². The summed E-state index contributed by atoms with van der Waals surface area (Å²) in [5, 5.41) is 3.88. The molecule has 0 aliphatic heterocycles. The summed E-state index contributed by atoms with van der Waals surface area (Å²) in [7, 11) is 1.62.